The third kappa shape index (κ3) is 5.20. The van der Waals surface area contributed by atoms with Crippen LogP contribution in [0.15, 0.2) is 47.0 Å². The van der Waals surface area contributed by atoms with Crippen LogP contribution in [0, 0.1) is 11.7 Å². The number of hydrogen-bond donors (Lipinski definition) is 1. The number of fused-ring (bicyclic) bond motifs is 2. The number of likely N-dealkylation sites (tertiary alicyclic amines) is 1. The molecular weight excluding hydrogens is 520 g/mol. The molecule has 2 aliphatic rings. The summed E-state index contributed by atoms with van der Waals surface area (Å²) in [7, 11) is 1.87. The molecule has 0 spiro atoms. The second-order valence-electron chi connectivity index (χ2n) is 11.0. The lowest BCUT2D eigenvalue weighted by Crippen LogP contribution is -2.40. The number of rotatable bonds is 7. The van der Waals surface area contributed by atoms with Gasteiger partial charge in [-0.15, -0.1) is 0 Å². The predicted molar refractivity (Wildman–Crippen MR) is 144 cm³/mol. The van der Waals surface area contributed by atoms with Gasteiger partial charge < -0.3 is 23.7 Å². The van der Waals surface area contributed by atoms with Gasteiger partial charge in [0.25, 0.3) is 0 Å². The fourth-order valence-corrected chi connectivity index (χ4v) is 6.05. The lowest BCUT2D eigenvalue weighted by molar-refractivity contribution is -0.144. The van der Waals surface area contributed by atoms with Gasteiger partial charge in [0.2, 0.25) is 11.8 Å². The van der Waals surface area contributed by atoms with E-state index in [-0.39, 0.29) is 55.8 Å². The molecule has 6 rings (SSSR count). The first-order valence-electron chi connectivity index (χ1n) is 13.7. The SMILES string of the molecule is Cn1cc(-c2nc3ccc(CC(=O)N4C[C@@H](F)C[C@H]4CO[C@H]4CC[C@H](C(=O)O)CC4)cc3o2)c2cc(F)ccc21. The second-order valence-corrected chi connectivity index (χ2v) is 11.0. The first kappa shape index (κ1) is 26.4. The maximum Gasteiger partial charge on any atom is 0.306 e. The maximum atomic E-state index is 14.4. The van der Waals surface area contributed by atoms with E-state index in [2.05, 4.69) is 4.98 Å². The van der Waals surface area contributed by atoms with Gasteiger partial charge in [-0.3, -0.25) is 9.59 Å². The lowest BCUT2D eigenvalue weighted by Gasteiger charge is -2.29. The van der Waals surface area contributed by atoms with E-state index in [4.69, 9.17) is 9.15 Å². The van der Waals surface area contributed by atoms with E-state index in [0.29, 0.717) is 53.6 Å². The van der Waals surface area contributed by atoms with Gasteiger partial charge in [-0.25, -0.2) is 13.8 Å². The summed E-state index contributed by atoms with van der Waals surface area (Å²) in [6.07, 6.45) is 3.44. The first-order valence-corrected chi connectivity index (χ1v) is 13.7. The number of aromatic nitrogens is 2. The minimum absolute atomic E-state index is 0.0327. The number of carbonyl (C=O) groups is 2. The van der Waals surface area contributed by atoms with Crippen LogP contribution in [0.5, 0.6) is 0 Å². The molecule has 40 heavy (non-hydrogen) atoms. The molecule has 1 amide bonds. The van der Waals surface area contributed by atoms with Gasteiger partial charge in [-0.05, 0) is 61.6 Å². The van der Waals surface area contributed by atoms with Crippen molar-refractivity contribution in [1.82, 2.24) is 14.5 Å². The zero-order chi connectivity index (χ0) is 28.0. The summed E-state index contributed by atoms with van der Waals surface area (Å²) in [5.74, 6) is -1.26. The topological polar surface area (TPSA) is 97.8 Å². The van der Waals surface area contributed by atoms with Gasteiger partial charge in [0.15, 0.2) is 5.58 Å². The number of aliphatic carboxylic acids is 1. The van der Waals surface area contributed by atoms with Crippen LogP contribution in [0.3, 0.4) is 0 Å². The van der Waals surface area contributed by atoms with Crippen LogP contribution in [0.4, 0.5) is 8.78 Å². The van der Waals surface area contributed by atoms with E-state index in [1.807, 2.05) is 23.9 Å². The largest absolute Gasteiger partial charge is 0.481 e. The molecular formula is C30H31F2N3O5. The number of nitrogens with zero attached hydrogens (tertiary/aromatic N) is 3. The van der Waals surface area contributed by atoms with Crippen molar-refractivity contribution in [3.63, 3.8) is 0 Å². The highest BCUT2D eigenvalue weighted by molar-refractivity contribution is 5.95. The molecule has 0 unspecified atom stereocenters. The summed E-state index contributed by atoms with van der Waals surface area (Å²) in [6, 6.07) is 9.59. The Hall–Kier alpha value is -3.79. The van der Waals surface area contributed by atoms with E-state index in [1.54, 1.807) is 23.1 Å². The Morgan fingerprint density at radius 3 is 2.73 bits per heavy atom. The van der Waals surface area contributed by atoms with Crippen molar-refractivity contribution in [2.24, 2.45) is 13.0 Å². The van der Waals surface area contributed by atoms with Gasteiger partial charge in [-0.2, -0.15) is 0 Å². The van der Waals surface area contributed by atoms with Gasteiger partial charge in [0, 0.05) is 30.6 Å². The Labute approximate surface area is 229 Å². The Morgan fingerprint density at radius 1 is 1.15 bits per heavy atom. The molecule has 2 aromatic heterocycles. The van der Waals surface area contributed by atoms with Crippen LogP contribution in [-0.2, 0) is 27.8 Å². The maximum absolute atomic E-state index is 14.4. The van der Waals surface area contributed by atoms with Crippen molar-refractivity contribution in [3.05, 3.63) is 54.0 Å². The molecule has 0 radical (unpaired) electrons. The molecule has 10 heteroatoms. The fraction of sp³-hybridized carbons (Fsp3) is 0.433. The number of aryl methyl sites for hydroxylation is 1. The third-order valence-corrected chi connectivity index (χ3v) is 8.22. The Kier molecular flexibility index (Phi) is 7.04. The van der Waals surface area contributed by atoms with E-state index >= 15 is 0 Å². The fourth-order valence-electron chi connectivity index (χ4n) is 6.05. The van der Waals surface area contributed by atoms with Crippen LogP contribution in [0.2, 0.25) is 0 Å². The van der Waals surface area contributed by atoms with Crippen LogP contribution in [0.1, 0.15) is 37.7 Å². The van der Waals surface area contributed by atoms with E-state index < -0.39 is 12.1 Å². The normalized spacial score (nSPS) is 23.3. The van der Waals surface area contributed by atoms with Gasteiger partial charge >= 0.3 is 5.97 Å². The molecule has 1 aliphatic carbocycles. The van der Waals surface area contributed by atoms with Crippen LogP contribution < -0.4 is 0 Å². The number of amides is 1. The zero-order valence-corrected chi connectivity index (χ0v) is 22.2. The minimum atomic E-state index is -1.11. The molecule has 1 aliphatic heterocycles. The smallest absolute Gasteiger partial charge is 0.306 e. The van der Waals surface area contributed by atoms with Gasteiger partial charge in [0.1, 0.15) is 17.5 Å². The van der Waals surface area contributed by atoms with Gasteiger partial charge in [0.05, 0.1) is 43.2 Å². The van der Waals surface area contributed by atoms with Gasteiger partial charge in [-0.1, -0.05) is 6.07 Å². The molecule has 4 aromatic rings. The van der Waals surface area contributed by atoms with Crippen LogP contribution in [0.25, 0.3) is 33.5 Å². The zero-order valence-electron chi connectivity index (χ0n) is 22.2. The summed E-state index contributed by atoms with van der Waals surface area (Å²) in [4.78, 5) is 30.6. The highest BCUT2D eigenvalue weighted by atomic mass is 19.1. The highest BCUT2D eigenvalue weighted by Crippen LogP contribution is 2.33. The van der Waals surface area contributed by atoms with E-state index in [0.717, 1.165) is 11.1 Å². The predicted octanol–water partition coefficient (Wildman–Crippen LogP) is 5.27. The number of hydrogen-bond acceptors (Lipinski definition) is 5. The summed E-state index contributed by atoms with van der Waals surface area (Å²) in [5.41, 5.74) is 3.38. The average Bonchev–Trinajstić information content (AvgIpc) is 3.62. The molecule has 2 fully saturated rings. The molecule has 2 atom stereocenters. The first-order chi connectivity index (χ1) is 19.2. The number of carboxylic acid groups (broad SMARTS) is 1. The average molecular weight is 552 g/mol. The summed E-state index contributed by atoms with van der Waals surface area (Å²) in [5, 5.41) is 9.88. The second kappa shape index (κ2) is 10.6. The molecule has 8 nitrogen and oxygen atoms in total. The van der Waals surface area contributed by atoms with Crippen molar-refractivity contribution < 1.29 is 32.6 Å². The highest BCUT2D eigenvalue weighted by Gasteiger charge is 2.36. The number of oxazole rings is 1. The molecule has 210 valence electrons. The molecule has 3 heterocycles. The van der Waals surface area contributed by atoms with E-state index in [1.165, 1.54) is 12.1 Å². The number of ether oxygens (including phenoxy) is 1. The molecule has 1 N–H and O–H groups in total. The summed E-state index contributed by atoms with van der Waals surface area (Å²) < 4.78 is 42.3. The monoisotopic (exact) mass is 551 g/mol. The molecule has 2 aromatic carbocycles. The van der Waals surface area contributed by atoms with Crippen LogP contribution in [-0.4, -0.2) is 62.9 Å². The van der Waals surface area contributed by atoms with Crippen LogP contribution >= 0.6 is 0 Å². The minimum Gasteiger partial charge on any atom is -0.481 e. The number of alkyl halides is 1. The Morgan fingerprint density at radius 2 is 1.95 bits per heavy atom. The van der Waals surface area contributed by atoms with Crippen molar-refractivity contribution in [2.75, 3.05) is 13.2 Å². The van der Waals surface area contributed by atoms with Crippen molar-refractivity contribution in [1.29, 1.82) is 0 Å². The standard InChI is InChI=1S/C30H31F2N3O5/c1-34-15-24(23-13-19(31)5-9-26(23)34)29-33-25-8-2-17(10-27(25)40-29)11-28(36)35-14-20(32)12-21(35)16-39-22-6-3-18(4-7-22)30(37)38/h2,5,8-10,13,15,18,20-22H,3-4,6-7,11-12,14,16H2,1H3,(H,37,38)/t18-,20-,21-,22-/m0/s1. The number of benzene rings is 2. The Balaban J connectivity index is 1.13. The van der Waals surface area contributed by atoms with Crippen molar-refractivity contribution in [2.45, 2.75) is 56.8 Å². The Bertz CT molecular complexity index is 1570. The molecule has 1 saturated heterocycles. The summed E-state index contributed by atoms with van der Waals surface area (Å²) >= 11 is 0. The van der Waals surface area contributed by atoms with Crippen molar-refractivity contribution in [3.8, 4) is 11.5 Å². The van der Waals surface area contributed by atoms with Crippen molar-refractivity contribution >= 4 is 33.9 Å². The van der Waals surface area contributed by atoms with E-state index in [9.17, 15) is 23.5 Å². The third-order valence-electron chi connectivity index (χ3n) is 8.22. The number of carboxylic acids is 1. The summed E-state index contributed by atoms with van der Waals surface area (Å²) in [6.45, 7) is 0.273. The molecule has 0 bridgehead atoms. The number of halogens is 2. The number of carbonyl (C=O) groups excluding carboxylic acids is 1. The quantitative estimate of drug-likeness (QED) is 0.336. The lowest BCUT2D eigenvalue weighted by atomic mass is 9.87. The molecule has 1 saturated carbocycles.